The fourth-order valence-electron chi connectivity index (χ4n) is 2.24. The number of aromatic nitrogens is 1. The molecule has 0 N–H and O–H groups in total. The van der Waals surface area contributed by atoms with Crippen LogP contribution in [0, 0.1) is 17.2 Å². The Morgan fingerprint density at radius 1 is 1.58 bits per heavy atom. The van der Waals surface area contributed by atoms with Crippen molar-refractivity contribution in [3.05, 3.63) is 29.6 Å². The normalized spacial score (nSPS) is 15.8. The molecule has 0 atom stereocenters. The Bertz CT molecular complexity index is 490. The quantitative estimate of drug-likeness (QED) is 0.824. The summed E-state index contributed by atoms with van der Waals surface area (Å²) in [5, 5.41) is 8.79. The molecule has 1 fully saturated rings. The molecule has 1 aromatic rings. The van der Waals surface area contributed by atoms with Crippen molar-refractivity contribution in [2.75, 3.05) is 26.8 Å². The maximum atomic E-state index is 12.2. The van der Waals surface area contributed by atoms with Crippen LogP contribution in [-0.2, 0) is 4.74 Å². The Hall–Kier alpha value is -1.93. The van der Waals surface area contributed by atoms with Crippen LogP contribution in [0.15, 0.2) is 18.3 Å². The van der Waals surface area contributed by atoms with Crippen LogP contribution >= 0.6 is 0 Å². The van der Waals surface area contributed by atoms with Gasteiger partial charge in [-0.25, -0.2) is 4.98 Å². The molecule has 0 radical (unpaired) electrons. The van der Waals surface area contributed by atoms with Gasteiger partial charge < -0.3 is 9.64 Å². The van der Waals surface area contributed by atoms with Gasteiger partial charge >= 0.3 is 0 Å². The van der Waals surface area contributed by atoms with Crippen molar-refractivity contribution in [1.29, 1.82) is 5.26 Å². The third-order valence-corrected chi connectivity index (χ3v) is 3.34. The molecule has 0 saturated carbocycles. The predicted octanol–water partition coefficient (Wildman–Crippen LogP) is 1.45. The molecule has 1 aromatic heterocycles. The van der Waals surface area contributed by atoms with Crippen molar-refractivity contribution < 1.29 is 9.53 Å². The van der Waals surface area contributed by atoms with Crippen molar-refractivity contribution in [2.45, 2.75) is 12.8 Å². The largest absolute Gasteiger partial charge is 0.381 e. The molecule has 0 spiro atoms. The van der Waals surface area contributed by atoms with E-state index in [1.54, 1.807) is 18.0 Å². The van der Waals surface area contributed by atoms with Crippen LogP contribution in [0.1, 0.15) is 28.9 Å². The second kappa shape index (κ2) is 6.30. The van der Waals surface area contributed by atoms with Crippen LogP contribution in [-0.4, -0.2) is 42.6 Å². The van der Waals surface area contributed by atoms with Gasteiger partial charge in [0.25, 0.3) is 5.91 Å². The highest BCUT2D eigenvalue weighted by molar-refractivity contribution is 5.94. The Labute approximate surface area is 112 Å². The summed E-state index contributed by atoms with van der Waals surface area (Å²) >= 11 is 0. The predicted molar refractivity (Wildman–Crippen MR) is 69.5 cm³/mol. The van der Waals surface area contributed by atoms with Gasteiger partial charge in [-0.05, 0) is 30.9 Å². The molecular weight excluding hydrogens is 242 g/mol. The molecule has 0 aliphatic carbocycles. The highest BCUT2D eigenvalue weighted by Gasteiger charge is 2.19. The number of hydrogen-bond donors (Lipinski definition) is 0. The molecular formula is C14H17N3O2. The fourth-order valence-corrected chi connectivity index (χ4v) is 2.24. The molecule has 1 aliphatic heterocycles. The van der Waals surface area contributed by atoms with E-state index in [2.05, 4.69) is 4.98 Å². The molecule has 2 rings (SSSR count). The van der Waals surface area contributed by atoms with E-state index in [0.29, 0.717) is 11.5 Å². The fraction of sp³-hybridized carbons (Fsp3) is 0.500. The smallest absolute Gasteiger partial charge is 0.253 e. The second-order valence-corrected chi connectivity index (χ2v) is 4.78. The molecule has 5 heteroatoms. The third-order valence-electron chi connectivity index (χ3n) is 3.34. The van der Waals surface area contributed by atoms with E-state index in [9.17, 15) is 4.79 Å². The van der Waals surface area contributed by atoms with E-state index in [0.717, 1.165) is 32.6 Å². The van der Waals surface area contributed by atoms with Gasteiger partial charge in [-0.15, -0.1) is 0 Å². The zero-order valence-electron chi connectivity index (χ0n) is 11.0. The van der Waals surface area contributed by atoms with Crippen LogP contribution in [0.25, 0.3) is 0 Å². The lowest BCUT2D eigenvalue weighted by Crippen LogP contribution is -2.34. The van der Waals surface area contributed by atoms with Crippen molar-refractivity contribution in [3.8, 4) is 6.07 Å². The van der Waals surface area contributed by atoms with Crippen molar-refractivity contribution in [3.63, 3.8) is 0 Å². The van der Waals surface area contributed by atoms with Gasteiger partial charge in [-0.2, -0.15) is 5.26 Å². The summed E-state index contributed by atoms with van der Waals surface area (Å²) < 4.78 is 5.31. The summed E-state index contributed by atoms with van der Waals surface area (Å²) in [7, 11) is 1.80. The minimum atomic E-state index is -0.0645. The molecule has 100 valence electrons. The molecule has 0 bridgehead atoms. The Morgan fingerprint density at radius 2 is 2.32 bits per heavy atom. The average Bonchev–Trinajstić information content (AvgIpc) is 2.47. The highest BCUT2D eigenvalue weighted by atomic mass is 16.5. The number of nitriles is 1. The molecule has 0 aromatic carbocycles. The van der Waals surface area contributed by atoms with E-state index in [-0.39, 0.29) is 11.6 Å². The summed E-state index contributed by atoms with van der Waals surface area (Å²) in [6, 6.07) is 5.12. The lowest BCUT2D eigenvalue weighted by Gasteiger charge is -2.27. The van der Waals surface area contributed by atoms with E-state index in [1.165, 1.54) is 12.3 Å². The Balaban J connectivity index is 1.99. The Morgan fingerprint density at radius 3 is 3.00 bits per heavy atom. The zero-order chi connectivity index (χ0) is 13.7. The minimum absolute atomic E-state index is 0.0645. The zero-order valence-corrected chi connectivity index (χ0v) is 11.0. The number of pyridine rings is 1. The summed E-state index contributed by atoms with van der Waals surface area (Å²) in [6.07, 6.45) is 3.49. The number of rotatable bonds is 3. The highest BCUT2D eigenvalue weighted by Crippen LogP contribution is 2.16. The average molecular weight is 259 g/mol. The lowest BCUT2D eigenvalue weighted by molar-refractivity contribution is 0.0497. The second-order valence-electron chi connectivity index (χ2n) is 4.78. The lowest BCUT2D eigenvalue weighted by atomic mass is 9.99. The van der Waals surface area contributed by atoms with E-state index in [4.69, 9.17) is 10.00 Å². The van der Waals surface area contributed by atoms with Crippen LogP contribution < -0.4 is 0 Å². The molecule has 1 amide bonds. The Kier molecular flexibility index (Phi) is 4.48. The third kappa shape index (κ3) is 3.52. The number of amides is 1. The standard InChI is InChI=1S/C14H17N3O2/c1-17(10-11-3-6-19-7-4-11)14(18)12-2-5-16-13(8-12)9-15/h2,5,8,11H,3-4,6-7,10H2,1H3. The number of hydrogen-bond acceptors (Lipinski definition) is 4. The number of nitrogens with zero attached hydrogens (tertiary/aromatic N) is 3. The van der Waals surface area contributed by atoms with Crippen molar-refractivity contribution in [1.82, 2.24) is 9.88 Å². The van der Waals surface area contributed by atoms with Gasteiger partial charge in [0.1, 0.15) is 11.8 Å². The van der Waals surface area contributed by atoms with Crippen LogP contribution in [0.5, 0.6) is 0 Å². The molecule has 19 heavy (non-hydrogen) atoms. The number of carbonyl (C=O) groups is 1. The van der Waals surface area contributed by atoms with Gasteiger partial charge in [-0.1, -0.05) is 0 Å². The van der Waals surface area contributed by atoms with Gasteiger partial charge in [0.15, 0.2) is 0 Å². The van der Waals surface area contributed by atoms with E-state index >= 15 is 0 Å². The monoisotopic (exact) mass is 259 g/mol. The topological polar surface area (TPSA) is 66.2 Å². The molecule has 2 heterocycles. The summed E-state index contributed by atoms with van der Waals surface area (Å²) in [5.41, 5.74) is 0.784. The van der Waals surface area contributed by atoms with Crippen LogP contribution in [0.4, 0.5) is 0 Å². The number of ether oxygens (including phenoxy) is 1. The molecule has 0 unspecified atom stereocenters. The molecule has 5 nitrogen and oxygen atoms in total. The first kappa shape index (κ1) is 13.5. The van der Waals surface area contributed by atoms with Crippen molar-refractivity contribution in [2.24, 2.45) is 5.92 Å². The van der Waals surface area contributed by atoms with Crippen LogP contribution in [0.3, 0.4) is 0 Å². The van der Waals surface area contributed by atoms with Gasteiger partial charge in [0, 0.05) is 38.6 Å². The first-order valence-corrected chi connectivity index (χ1v) is 6.40. The van der Waals surface area contributed by atoms with Gasteiger partial charge in [0.2, 0.25) is 0 Å². The van der Waals surface area contributed by atoms with Gasteiger partial charge in [-0.3, -0.25) is 4.79 Å². The van der Waals surface area contributed by atoms with Crippen molar-refractivity contribution >= 4 is 5.91 Å². The molecule has 1 aliphatic rings. The first-order chi connectivity index (χ1) is 9.20. The maximum absolute atomic E-state index is 12.2. The first-order valence-electron chi connectivity index (χ1n) is 6.40. The number of carbonyl (C=O) groups excluding carboxylic acids is 1. The molecule has 1 saturated heterocycles. The van der Waals surface area contributed by atoms with Gasteiger partial charge in [0.05, 0.1) is 0 Å². The summed E-state index contributed by atoms with van der Waals surface area (Å²) in [6.45, 7) is 2.29. The van der Waals surface area contributed by atoms with Crippen LogP contribution in [0.2, 0.25) is 0 Å². The summed E-state index contributed by atoms with van der Waals surface area (Å²) in [4.78, 5) is 17.8. The minimum Gasteiger partial charge on any atom is -0.381 e. The maximum Gasteiger partial charge on any atom is 0.253 e. The van der Waals surface area contributed by atoms with E-state index in [1.807, 2.05) is 6.07 Å². The SMILES string of the molecule is CN(CC1CCOCC1)C(=O)c1ccnc(C#N)c1. The summed E-state index contributed by atoms with van der Waals surface area (Å²) in [5.74, 6) is 0.436. The van der Waals surface area contributed by atoms with E-state index < -0.39 is 0 Å².